The second-order valence-corrected chi connectivity index (χ2v) is 14.1. The lowest BCUT2D eigenvalue weighted by Gasteiger charge is -2.58. The lowest BCUT2D eigenvalue weighted by atomic mass is 9.46. The molecule has 4 aliphatic rings. The van der Waals surface area contributed by atoms with Crippen LogP contribution in [0, 0.1) is 38.7 Å². The second kappa shape index (κ2) is 12.9. The molecule has 8 atom stereocenters. The lowest BCUT2D eigenvalue weighted by Crippen LogP contribution is -2.58. The zero-order valence-electron chi connectivity index (χ0n) is 26.6. The first kappa shape index (κ1) is 34.4. The van der Waals surface area contributed by atoms with Gasteiger partial charge in [-0.1, -0.05) is 31.6 Å². The quantitative estimate of drug-likeness (QED) is 0.154. The number of hydrogen-bond acceptors (Lipinski definition) is 10. The fourth-order valence-electron chi connectivity index (χ4n) is 9.12. The average Bonchev–Trinajstić information content (AvgIpc) is 3.32. The van der Waals surface area contributed by atoms with Crippen molar-refractivity contribution in [3.8, 4) is 0 Å². The van der Waals surface area contributed by atoms with Crippen molar-refractivity contribution >= 4 is 35.1 Å². The van der Waals surface area contributed by atoms with Gasteiger partial charge in [-0.05, 0) is 79.8 Å². The fourth-order valence-corrected chi connectivity index (χ4v) is 9.12. The molecule has 4 N–H and O–H groups in total. The molecule has 3 fully saturated rings. The van der Waals surface area contributed by atoms with Crippen molar-refractivity contribution in [2.45, 2.75) is 95.8 Å². The Labute approximate surface area is 271 Å². The van der Waals surface area contributed by atoms with E-state index in [1.54, 1.807) is 0 Å². The monoisotopic (exact) mass is 654 g/mol. The molecule has 0 aromatic heterocycles. The first-order chi connectivity index (χ1) is 22.1. The molecule has 4 aliphatic carbocycles. The number of ether oxygens (including phenoxy) is 1. The van der Waals surface area contributed by atoms with Crippen molar-refractivity contribution in [1.82, 2.24) is 5.32 Å². The molecule has 0 aliphatic heterocycles. The summed E-state index contributed by atoms with van der Waals surface area (Å²) in [7, 11) is 0. The molecule has 0 radical (unpaired) electrons. The minimum atomic E-state index is -1.85. The maximum Gasteiger partial charge on any atom is 0.329 e. The van der Waals surface area contributed by atoms with E-state index in [0.29, 0.717) is 31.1 Å². The summed E-state index contributed by atoms with van der Waals surface area (Å²) in [5.41, 5.74) is -1.63. The van der Waals surface area contributed by atoms with Crippen LogP contribution in [0.1, 0.15) is 89.7 Å². The summed E-state index contributed by atoms with van der Waals surface area (Å²) in [6, 6.07) is 2.86. The first-order valence-corrected chi connectivity index (χ1v) is 16.2. The number of carboxylic acids is 1. The van der Waals surface area contributed by atoms with E-state index in [9.17, 15) is 49.4 Å². The Bertz CT molecular complexity index is 1520. The Kier molecular flexibility index (Phi) is 9.44. The Balaban J connectivity index is 1.14. The van der Waals surface area contributed by atoms with Gasteiger partial charge in [0.2, 0.25) is 11.7 Å². The summed E-state index contributed by atoms with van der Waals surface area (Å²) in [5.74, 6) is -2.97. The zero-order valence-corrected chi connectivity index (χ0v) is 26.6. The van der Waals surface area contributed by atoms with Crippen molar-refractivity contribution in [1.29, 1.82) is 0 Å². The molecule has 5 rings (SSSR count). The highest BCUT2D eigenvalue weighted by Crippen LogP contribution is 2.67. The molecule has 13 nitrogen and oxygen atoms in total. The number of hydrogen-bond donors (Lipinski definition) is 4. The predicted molar refractivity (Wildman–Crippen MR) is 164 cm³/mol. The third-order valence-corrected chi connectivity index (χ3v) is 11.8. The number of nitro benzene ring substituents is 1. The van der Waals surface area contributed by atoms with E-state index in [1.807, 2.05) is 13.0 Å². The number of non-ortho nitro benzene ring substituents is 1. The summed E-state index contributed by atoms with van der Waals surface area (Å²) >= 11 is 0. The Morgan fingerprint density at radius 3 is 2.49 bits per heavy atom. The van der Waals surface area contributed by atoms with E-state index < -0.39 is 71.2 Å². The number of carboxylic acid groups (broad SMARTS) is 1. The van der Waals surface area contributed by atoms with Crippen molar-refractivity contribution in [3.05, 3.63) is 51.6 Å². The zero-order chi connectivity index (χ0) is 34.3. The number of aliphatic hydroxyl groups excluding tert-OH is 1. The highest BCUT2D eigenvalue weighted by atomic mass is 16.6. The molecule has 1 aromatic carbocycles. The summed E-state index contributed by atoms with van der Waals surface area (Å²) in [6.07, 6.45) is 4.56. The smallest absolute Gasteiger partial charge is 0.329 e. The molecule has 3 saturated carbocycles. The molecule has 1 aromatic rings. The molecule has 0 unspecified atom stereocenters. The van der Waals surface area contributed by atoms with Crippen LogP contribution in [0.3, 0.4) is 0 Å². The highest BCUT2D eigenvalue weighted by Gasteiger charge is 2.66. The number of allylic oxidation sites excluding steroid dienone is 1. The molecule has 0 spiro atoms. The van der Waals surface area contributed by atoms with Gasteiger partial charge in [-0.2, -0.15) is 0 Å². The maximum atomic E-state index is 13.5. The number of nitro groups is 1. The lowest BCUT2D eigenvalue weighted by molar-refractivity contribution is -0.385. The Hall–Kier alpha value is -3.97. The minimum absolute atomic E-state index is 0.0461. The van der Waals surface area contributed by atoms with Gasteiger partial charge in [-0.15, -0.1) is 0 Å². The van der Waals surface area contributed by atoms with E-state index in [0.717, 1.165) is 31.7 Å². The molecular formula is C34H42N2O11. The van der Waals surface area contributed by atoms with Crippen molar-refractivity contribution in [3.63, 3.8) is 0 Å². The van der Waals surface area contributed by atoms with Crippen molar-refractivity contribution in [2.24, 2.45) is 28.6 Å². The van der Waals surface area contributed by atoms with Crippen molar-refractivity contribution < 1.29 is 49.0 Å². The number of carbonyl (C=O) groups excluding carboxylic acids is 4. The molecule has 0 bridgehead atoms. The number of carbonyl (C=O) groups is 5. The van der Waals surface area contributed by atoms with E-state index >= 15 is 0 Å². The van der Waals surface area contributed by atoms with E-state index in [-0.39, 0.29) is 34.8 Å². The van der Waals surface area contributed by atoms with Gasteiger partial charge in [-0.25, -0.2) is 4.79 Å². The normalized spacial score (nSPS) is 32.5. The topological polar surface area (TPSA) is 210 Å². The molecule has 254 valence electrons. The van der Waals surface area contributed by atoms with Crippen LogP contribution >= 0.6 is 0 Å². The van der Waals surface area contributed by atoms with Gasteiger partial charge in [0.1, 0.15) is 11.7 Å². The largest absolute Gasteiger partial charge is 0.480 e. The SMILES string of the molecule is C[C@]12CCC(=O)C=C1CC[C@H]1[C@H]2CC[C@@]2(C)[C@H]1CC[C@]2(O)C(=O)COC(=O)CCC(=O)N[C@@H](C(=O)O)[C@@H](O)c1cccc([N+](=O)[O-])c1. The van der Waals surface area contributed by atoms with Gasteiger partial charge in [0.15, 0.2) is 18.4 Å². The van der Waals surface area contributed by atoms with Crippen LogP contribution in [-0.4, -0.2) is 67.9 Å². The second-order valence-electron chi connectivity index (χ2n) is 14.1. The van der Waals surface area contributed by atoms with E-state index in [4.69, 9.17) is 4.74 Å². The molecular weight excluding hydrogens is 612 g/mol. The number of benzene rings is 1. The number of Topliss-reactive ketones (excluding diaryl/α,β-unsaturated/α-hetero) is 1. The van der Waals surface area contributed by atoms with Crippen LogP contribution in [0.5, 0.6) is 0 Å². The molecule has 13 heteroatoms. The van der Waals surface area contributed by atoms with Gasteiger partial charge < -0.3 is 25.4 Å². The fraction of sp³-hybridized carbons (Fsp3) is 0.618. The number of rotatable bonds is 11. The van der Waals surface area contributed by atoms with Gasteiger partial charge in [0.25, 0.3) is 5.69 Å². The Morgan fingerprint density at radius 1 is 1.06 bits per heavy atom. The summed E-state index contributed by atoms with van der Waals surface area (Å²) in [6.45, 7) is 3.56. The standard InChI is InChI=1S/C34H42N2O11/c1-32-13-10-22(37)17-20(32)6-7-23-24(32)11-14-33(2)25(23)12-15-34(33,44)26(38)18-47-28(40)9-8-27(39)35-29(31(42)43)30(41)19-4-3-5-21(16-19)36(45)46/h3-5,16-17,23-25,29-30,41,44H,6-15,18H2,1-2H3,(H,35,39)(H,42,43)/t23-,24+,25-,29+,30-,32-,33-,34-/m0/s1. The van der Waals surface area contributed by atoms with Crippen LogP contribution in [0.15, 0.2) is 35.9 Å². The summed E-state index contributed by atoms with van der Waals surface area (Å²) < 4.78 is 5.17. The number of ketones is 2. The van der Waals surface area contributed by atoms with Crippen LogP contribution in [0.2, 0.25) is 0 Å². The number of esters is 1. The number of nitrogens with zero attached hydrogens (tertiary/aromatic N) is 1. The molecule has 0 saturated heterocycles. The van der Waals surface area contributed by atoms with Crippen LogP contribution in [0.25, 0.3) is 0 Å². The van der Waals surface area contributed by atoms with Crippen molar-refractivity contribution in [2.75, 3.05) is 6.61 Å². The Morgan fingerprint density at radius 2 is 1.79 bits per heavy atom. The van der Waals surface area contributed by atoms with Gasteiger partial charge in [0.05, 0.1) is 11.3 Å². The molecule has 1 amide bonds. The van der Waals surface area contributed by atoms with Crippen LogP contribution in [-0.2, 0) is 28.7 Å². The molecule has 0 heterocycles. The van der Waals surface area contributed by atoms with Gasteiger partial charge in [-0.3, -0.25) is 29.3 Å². The summed E-state index contributed by atoms with van der Waals surface area (Å²) in [4.78, 5) is 72.6. The highest BCUT2D eigenvalue weighted by molar-refractivity contribution is 5.92. The third kappa shape index (κ3) is 6.22. The number of aliphatic carboxylic acids is 1. The number of aliphatic hydroxyl groups is 2. The maximum absolute atomic E-state index is 13.5. The average molecular weight is 655 g/mol. The molecule has 47 heavy (non-hydrogen) atoms. The van der Waals surface area contributed by atoms with Crippen LogP contribution < -0.4 is 5.32 Å². The number of fused-ring (bicyclic) bond motifs is 5. The van der Waals surface area contributed by atoms with E-state index in [2.05, 4.69) is 12.2 Å². The van der Waals surface area contributed by atoms with Gasteiger partial charge >= 0.3 is 11.9 Å². The number of nitrogens with one attached hydrogen (secondary N) is 1. The first-order valence-electron chi connectivity index (χ1n) is 16.2. The predicted octanol–water partition coefficient (Wildman–Crippen LogP) is 3.35. The number of amides is 1. The van der Waals surface area contributed by atoms with Gasteiger partial charge in [0, 0.05) is 30.4 Å². The summed E-state index contributed by atoms with van der Waals surface area (Å²) in [5, 5.41) is 45.0. The third-order valence-electron chi connectivity index (χ3n) is 11.8. The minimum Gasteiger partial charge on any atom is -0.480 e. The van der Waals surface area contributed by atoms with Crippen LogP contribution in [0.4, 0.5) is 5.69 Å². The van der Waals surface area contributed by atoms with E-state index in [1.165, 1.54) is 23.8 Å².